The van der Waals surface area contributed by atoms with Crippen LogP contribution in [0.2, 0.25) is 0 Å². The van der Waals surface area contributed by atoms with Gasteiger partial charge in [-0.2, -0.15) is 0 Å². The Morgan fingerprint density at radius 2 is 1.68 bits per heavy atom. The van der Waals surface area contributed by atoms with Crippen LogP contribution in [0.1, 0.15) is 50.9 Å². The van der Waals surface area contributed by atoms with Gasteiger partial charge in [0, 0.05) is 44.0 Å². The predicted octanol–water partition coefficient (Wildman–Crippen LogP) is 1.89. The molecule has 3 aliphatic heterocycles. The van der Waals surface area contributed by atoms with E-state index in [0.717, 1.165) is 31.9 Å². The third-order valence-electron chi connectivity index (χ3n) is 7.40. The number of carbonyl (C=O) groups excluding carboxylic acids is 4. The number of fused-ring (bicyclic) bond motifs is 1. The number of benzene rings is 1. The van der Waals surface area contributed by atoms with Gasteiger partial charge in [0.05, 0.1) is 19.2 Å². The van der Waals surface area contributed by atoms with Crippen LogP contribution in [0.4, 0.5) is 10.5 Å². The third kappa shape index (κ3) is 6.28. The van der Waals surface area contributed by atoms with Crippen LogP contribution in [0.25, 0.3) is 0 Å². The van der Waals surface area contributed by atoms with Gasteiger partial charge in [-0.1, -0.05) is 27.7 Å². The van der Waals surface area contributed by atoms with Crippen LogP contribution in [-0.4, -0.2) is 97.5 Å². The molecule has 0 aliphatic carbocycles. The lowest BCUT2D eigenvalue weighted by Crippen LogP contribution is -2.53. The van der Waals surface area contributed by atoms with Crippen molar-refractivity contribution in [1.29, 1.82) is 0 Å². The Hall–Kier alpha value is -3.14. The zero-order valence-electron chi connectivity index (χ0n) is 22.9. The Balaban J connectivity index is 1.43. The van der Waals surface area contributed by atoms with Crippen LogP contribution in [-0.2, 0) is 14.3 Å². The molecule has 3 fully saturated rings. The average Bonchev–Trinajstić information content (AvgIpc) is 3.48. The number of ether oxygens (including phenoxy) is 1. The topological polar surface area (TPSA) is 111 Å². The smallest absolute Gasteiger partial charge is 0.410 e. The number of nitrogens with one attached hydrogen (secondary N) is 2. The number of Topliss-reactive ketones (excluding diaryl/α,β-unsaturated/α-hetero) is 1. The van der Waals surface area contributed by atoms with Gasteiger partial charge in [0.25, 0.3) is 5.91 Å². The molecular weight excluding hydrogens is 486 g/mol. The standard InChI is InChI=1S/C28H41N5O5/c1-18(2)15-22(30-26(35)20-5-7-21(8-6-20)31-13-10-29-11-14-31)27(36)32-12-9-23-25(32)24(34)16-33(23)28(37)38-17-19(3)4/h5-8,18-19,22-23,25,29H,9-17H2,1-4H3,(H,30,35). The molecule has 0 spiro atoms. The molecule has 3 atom stereocenters. The first-order chi connectivity index (χ1) is 18.2. The van der Waals surface area contributed by atoms with Gasteiger partial charge in [-0.15, -0.1) is 0 Å². The molecule has 2 N–H and O–H groups in total. The average molecular weight is 528 g/mol. The maximum absolute atomic E-state index is 13.7. The highest BCUT2D eigenvalue weighted by Crippen LogP contribution is 2.31. The first-order valence-corrected chi connectivity index (χ1v) is 13.8. The minimum Gasteiger partial charge on any atom is -0.449 e. The van der Waals surface area contributed by atoms with Crippen molar-refractivity contribution in [2.75, 3.05) is 50.8 Å². The lowest BCUT2D eigenvalue weighted by molar-refractivity contribution is -0.138. The van der Waals surface area contributed by atoms with Crippen molar-refractivity contribution in [1.82, 2.24) is 20.4 Å². The second-order valence-corrected chi connectivity index (χ2v) is 11.3. The molecule has 1 aromatic rings. The van der Waals surface area contributed by atoms with E-state index in [4.69, 9.17) is 4.74 Å². The number of anilines is 1. The van der Waals surface area contributed by atoms with Gasteiger partial charge in [-0.25, -0.2) is 4.79 Å². The van der Waals surface area contributed by atoms with E-state index in [1.165, 1.54) is 4.90 Å². The van der Waals surface area contributed by atoms with Crippen LogP contribution in [0.5, 0.6) is 0 Å². The van der Waals surface area contributed by atoms with E-state index in [1.807, 2.05) is 39.8 Å². The number of likely N-dealkylation sites (tertiary alicyclic amines) is 2. The highest BCUT2D eigenvalue weighted by molar-refractivity contribution is 6.00. The van der Waals surface area contributed by atoms with Crippen molar-refractivity contribution in [2.45, 2.75) is 58.7 Å². The summed E-state index contributed by atoms with van der Waals surface area (Å²) in [5, 5.41) is 6.26. The normalized spacial score (nSPS) is 22.2. The predicted molar refractivity (Wildman–Crippen MR) is 144 cm³/mol. The SMILES string of the molecule is CC(C)COC(=O)N1CC(=O)C2C1CCN2C(=O)C(CC(C)C)NC(=O)c1ccc(N2CCNCC2)cc1. The maximum Gasteiger partial charge on any atom is 0.410 e. The zero-order valence-corrected chi connectivity index (χ0v) is 22.9. The number of amides is 3. The van der Waals surface area contributed by atoms with Gasteiger partial charge in [-0.05, 0) is 48.9 Å². The molecule has 3 aliphatic rings. The molecule has 0 bridgehead atoms. The van der Waals surface area contributed by atoms with Gasteiger partial charge >= 0.3 is 6.09 Å². The van der Waals surface area contributed by atoms with E-state index in [1.54, 1.807) is 17.0 Å². The van der Waals surface area contributed by atoms with Crippen molar-refractivity contribution in [3.63, 3.8) is 0 Å². The van der Waals surface area contributed by atoms with E-state index in [2.05, 4.69) is 15.5 Å². The van der Waals surface area contributed by atoms with E-state index >= 15 is 0 Å². The zero-order chi connectivity index (χ0) is 27.4. The highest BCUT2D eigenvalue weighted by atomic mass is 16.6. The number of piperazine rings is 1. The largest absolute Gasteiger partial charge is 0.449 e. The Bertz CT molecular complexity index is 1020. The van der Waals surface area contributed by atoms with Gasteiger partial charge in [-0.3, -0.25) is 19.3 Å². The lowest BCUT2D eigenvalue weighted by Gasteiger charge is -2.30. The quantitative estimate of drug-likeness (QED) is 0.531. The summed E-state index contributed by atoms with van der Waals surface area (Å²) in [5.41, 5.74) is 1.55. The van der Waals surface area contributed by atoms with Crippen LogP contribution >= 0.6 is 0 Å². The first kappa shape index (κ1) is 27.9. The molecule has 0 radical (unpaired) electrons. The minimum absolute atomic E-state index is 0.0589. The summed E-state index contributed by atoms with van der Waals surface area (Å²) in [5.74, 6) is -0.417. The van der Waals surface area contributed by atoms with Gasteiger partial charge in [0.1, 0.15) is 12.1 Å². The summed E-state index contributed by atoms with van der Waals surface area (Å²) in [6, 6.07) is 5.61. The van der Waals surface area contributed by atoms with E-state index in [0.29, 0.717) is 24.9 Å². The van der Waals surface area contributed by atoms with Crippen molar-refractivity contribution in [2.24, 2.45) is 11.8 Å². The highest BCUT2D eigenvalue weighted by Gasteiger charge is 2.52. The summed E-state index contributed by atoms with van der Waals surface area (Å²) >= 11 is 0. The number of ketones is 1. The summed E-state index contributed by atoms with van der Waals surface area (Å²) in [4.78, 5) is 57.7. The molecule has 3 unspecified atom stereocenters. The van der Waals surface area contributed by atoms with E-state index in [-0.39, 0.29) is 48.6 Å². The minimum atomic E-state index is -0.760. The summed E-state index contributed by atoms with van der Waals surface area (Å²) in [7, 11) is 0. The van der Waals surface area contributed by atoms with Crippen molar-refractivity contribution in [3.8, 4) is 0 Å². The van der Waals surface area contributed by atoms with E-state index < -0.39 is 18.2 Å². The van der Waals surface area contributed by atoms with Crippen molar-refractivity contribution < 1.29 is 23.9 Å². The first-order valence-electron chi connectivity index (χ1n) is 13.8. The third-order valence-corrected chi connectivity index (χ3v) is 7.40. The Labute approximate surface area is 225 Å². The summed E-state index contributed by atoms with van der Waals surface area (Å²) in [6.07, 6.45) is 0.450. The molecule has 10 heteroatoms. The monoisotopic (exact) mass is 527 g/mol. The van der Waals surface area contributed by atoms with Crippen molar-refractivity contribution in [3.05, 3.63) is 29.8 Å². The second kappa shape index (κ2) is 12.1. The maximum atomic E-state index is 13.7. The molecule has 1 aromatic carbocycles. The van der Waals surface area contributed by atoms with E-state index in [9.17, 15) is 19.2 Å². The second-order valence-electron chi connectivity index (χ2n) is 11.3. The molecule has 208 valence electrons. The van der Waals surface area contributed by atoms with Crippen LogP contribution in [0.15, 0.2) is 24.3 Å². The molecular formula is C28H41N5O5. The molecule has 38 heavy (non-hydrogen) atoms. The Morgan fingerprint density at radius 1 is 1.00 bits per heavy atom. The summed E-state index contributed by atoms with van der Waals surface area (Å²) in [6.45, 7) is 12.2. The number of hydrogen-bond donors (Lipinski definition) is 2. The number of hydrogen-bond acceptors (Lipinski definition) is 7. The van der Waals surface area contributed by atoms with Crippen LogP contribution < -0.4 is 15.5 Å². The molecule has 0 aromatic heterocycles. The number of carbonyl (C=O) groups is 4. The molecule has 3 saturated heterocycles. The van der Waals surface area contributed by atoms with Crippen LogP contribution in [0, 0.1) is 11.8 Å². The van der Waals surface area contributed by atoms with Gasteiger partial charge in [0.15, 0.2) is 5.78 Å². The number of rotatable bonds is 8. The fourth-order valence-corrected chi connectivity index (χ4v) is 5.52. The van der Waals surface area contributed by atoms with Gasteiger partial charge in [0.2, 0.25) is 5.91 Å². The Kier molecular flexibility index (Phi) is 8.91. The molecule has 4 rings (SSSR count). The van der Waals surface area contributed by atoms with Crippen LogP contribution in [0.3, 0.4) is 0 Å². The molecule has 10 nitrogen and oxygen atoms in total. The van der Waals surface area contributed by atoms with Crippen molar-refractivity contribution >= 4 is 29.4 Å². The molecule has 3 amide bonds. The molecule has 0 saturated carbocycles. The van der Waals surface area contributed by atoms with Gasteiger partial charge < -0.3 is 25.2 Å². The number of nitrogens with zero attached hydrogens (tertiary/aromatic N) is 3. The lowest BCUT2D eigenvalue weighted by atomic mass is 10.0. The summed E-state index contributed by atoms with van der Waals surface area (Å²) < 4.78 is 5.36. The fourth-order valence-electron chi connectivity index (χ4n) is 5.52. The fraction of sp³-hybridized carbons (Fsp3) is 0.643. The molecule has 3 heterocycles. The Morgan fingerprint density at radius 3 is 2.32 bits per heavy atom.